The molecule has 4 aromatic rings. The predicted octanol–water partition coefficient (Wildman–Crippen LogP) is 3.81. The predicted molar refractivity (Wildman–Crippen MR) is 108 cm³/mol. The van der Waals surface area contributed by atoms with Gasteiger partial charge >= 0.3 is 5.97 Å². The fourth-order valence-corrected chi connectivity index (χ4v) is 3.36. The molecule has 0 radical (unpaired) electrons. The Labute approximate surface area is 161 Å². The molecule has 0 aliphatic rings. The topological polar surface area (TPSA) is 79.3 Å². The smallest absolute Gasteiger partial charge is 0.326 e. The molecule has 0 aliphatic carbocycles. The Morgan fingerprint density at radius 3 is 1.93 bits per heavy atom. The van der Waals surface area contributed by atoms with Crippen LogP contribution in [0, 0.1) is 0 Å². The average molecular weight is 370 g/mol. The molecule has 138 valence electrons. The molecule has 4 rings (SSSR count). The van der Waals surface area contributed by atoms with E-state index in [-0.39, 0.29) is 6.42 Å². The van der Waals surface area contributed by atoms with Crippen LogP contribution in [0.25, 0.3) is 21.8 Å². The third kappa shape index (κ3) is 3.42. The Morgan fingerprint density at radius 1 is 0.821 bits per heavy atom. The molecule has 0 aliphatic heterocycles. The Kier molecular flexibility index (Phi) is 4.72. The van der Waals surface area contributed by atoms with Crippen LogP contribution in [0.15, 0.2) is 78.9 Å². The Morgan fingerprint density at radius 2 is 1.36 bits per heavy atom. The molecule has 0 bridgehead atoms. The highest BCUT2D eigenvalue weighted by atomic mass is 16.4. The molecule has 5 nitrogen and oxygen atoms in total. The molecule has 2 N–H and O–H groups in total. The molecule has 0 fully saturated rings. The minimum absolute atomic E-state index is 0.211. The van der Waals surface area contributed by atoms with Crippen molar-refractivity contribution in [3.63, 3.8) is 0 Å². The van der Waals surface area contributed by atoms with E-state index in [0.29, 0.717) is 27.4 Å². The van der Waals surface area contributed by atoms with Gasteiger partial charge in [-0.1, -0.05) is 66.7 Å². The number of para-hydroxylation sites is 2. The molecular formula is C23H18N2O3. The maximum absolute atomic E-state index is 13.2. The molecule has 0 spiro atoms. The van der Waals surface area contributed by atoms with Crippen LogP contribution in [0.4, 0.5) is 0 Å². The maximum atomic E-state index is 13.2. The highest BCUT2D eigenvalue weighted by molar-refractivity contribution is 6.16. The van der Waals surface area contributed by atoms with E-state index in [1.54, 1.807) is 0 Å². The first kappa shape index (κ1) is 17.7. The van der Waals surface area contributed by atoms with Crippen molar-refractivity contribution < 1.29 is 14.7 Å². The van der Waals surface area contributed by atoms with Crippen molar-refractivity contribution in [3.05, 3.63) is 90.0 Å². The van der Waals surface area contributed by atoms with Gasteiger partial charge in [0.15, 0.2) is 0 Å². The second kappa shape index (κ2) is 7.48. The summed E-state index contributed by atoms with van der Waals surface area (Å²) in [5.74, 6) is -1.49. The van der Waals surface area contributed by atoms with Crippen molar-refractivity contribution in [3.8, 4) is 0 Å². The zero-order valence-corrected chi connectivity index (χ0v) is 15.0. The number of aromatic nitrogens is 1. The van der Waals surface area contributed by atoms with Crippen LogP contribution < -0.4 is 5.32 Å². The van der Waals surface area contributed by atoms with Gasteiger partial charge in [0.1, 0.15) is 6.04 Å². The molecule has 0 saturated heterocycles. The molecule has 1 aromatic heterocycles. The van der Waals surface area contributed by atoms with Gasteiger partial charge in [0.2, 0.25) is 0 Å². The standard InChI is InChI=1S/C23H18N2O3/c26-22(25-20(23(27)28)14-15-8-2-1-3-9-15)21-16-10-4-6-12-18(16)24-19-13-7-5-11-17(19)21/h1-13,20H,14H2,(H,25,26)(H,27,28)/t20-/m1/s1. The molecule has 3 aromatic carbocycles. The van der Waals surface area contributed by atoms with Crippen molar-refractivity contribution in [1.82, 2.24) is 10.3 Å². The summed E-state index contributed by atoms with van der Waals surface area (Å²) in [4.78, 5) is 29.6. The van der Waals surface area contributed by atoms with Crippen molar-refractivity contribution in [1.29, 1.82) is 0 Å². The lowest BCUT2D eigenvalue weighted by Gasteiger charge is -2.17. The van der Waals surface area contributed by atoms with Gasteiger partial charge in [-0.2, -0.15) is 0 Å². The number of nitrogens with zero attached hydrogens (tertiary/aromatic N) is 1. The summed E-state index contributed by atoms with van der Waals surface area (Å²) in [6.45, 7) is 0. The zero-order valence-electron chi connectivity index (χ0n) is 15.0. The summed E-state index contributed by atoms with van der Waals surface area (Å²) in [7, 11) is 0. The number of rotatable bonds is 5. The van der Waals surface area contributed by atoms with Crippen molar-refractivity contribution in [2.75, 3.05) is 0 Å². The number of amides is 1. The van der Waals surface area contributed by atoms with E-state index >= 15 is 0 Å². The van der Waals surface area contributed by atoms with Crippen LogP contribution in [0.3, 0.4) is 0 Å². The maximum Gasteiger partial charge on any atom is 0.326 e. The minimum atomic E-state index is -1.07. The number of benzene rings is 3. The van der Waals surface area contributed by atoms with Crippen molar-refractivity contribution in [2.45, 2.75) is 12.5 Å². The molecule has 0 saturated carbocycles. The van der Waals surface area contributed by atoms with Crippen LogP contribution in [-0.2, 0) is 11.2 Å². The Balaban J connectivity index is 1.75. The third-order valence-electron chi connectivity index (χ3n) is 4.70. The van der Waals surface area contributed by atoms with E-state index in [0.717, 1.165) is 5.56 Å². The number of carbonyl (C=O) groups is 2. The van der Waals surface area contributed by atoms with Crippen molar-refractivity contribution >= 4 is 33.7 Å². The highest BCUT2D eigenvalue weighted by Gasteiger charge is 2.23. The van der Waals surface area contributed by atoms with E-state index in [9.17, 15) is 14.7 Å². The van der Waals surface area contributed by atoms with Crippen LogP contribution in [0.5, 0.6) is 0 Å². The number of aliphatic carboxylic acids is 1. The number of carboxylic acids is 1. The first-order valence-corrected chi connectivity index (χ1v) is 8.98. The summed E-state index contributed by atoms with van der Waals surface area (Å²) < 4.78 is 0. The summed E-state index contributed by atoms with van der Waals surface area (Å²) in [5, 5.41) is 13.7. The van der Waals surface area contributed by atoms with E-state index in [1.165, 1.54) is 0 Å². The molecule has 1 amide bonds. The number of hydrogen-bond acceptors (Lipinski definition) is 3. The van der Waals surface area contributed by atoms with Gasteiger partial charge in [-0.25, -0.2) is 9.78 Å². The summed E-state index contributed by atoms with van der Waals surface area (Å²) in [6, 6.07) is 23.0. The van der Waals surface area contributed by atoms with Gasteiger partial charge in [-0.3, -0.25) is 4.79 Å². The molecule has 5 heteroatoms. The van der Waals surface area contributed by atoms with Gasteiger partial charge in [-0.15, -0.1) is 0 Å². The zero-order chi connectivity index (χ0) is 19.5. The first-order valence-electron chi connectivity index (χ1n) is 8.98. The summed E-state index contributed by atoms with van der Waals surface area (Å²) >= 11 is 0. The monoisotopic (exact) mass is 370 g/mol. The number of pyridine rings is 1. The summed E-state index contributed by atoms with van der Waals surface area (Å²) in [5.41, 5.74) is 2.68. The molecule has 0 unspecified atom stereocenters. The first-order chi connectivity index (χ1) is 13.6. The van der Waals surface area contributed by atoms with Crippen LogP contribution >= 0.6 is 0 Å². The quantitative estimate of drug-likeness (QED) is 0.524. The van der Waals surface area contributed by atoms with Gasteiger partial charge in [-0.05, 0) is 17.7 Å². The van der Waals surface area contributed by atoms with Gasteiger partial charge in [0.05, 0.1) is 16.6 Å². The van der Waals surface area contributed by atoms with Crippen molar-refractivity contribution in [2.24, 2.45) is 0 Å². The number of carbonyl (C=O) groups excluding carboxylic acids is 1. The SMILES string of the molecule is O=C(N[C@H](Cc1ccccc1)C(=O)O)c1c2ccccc2nc2ccccc12. The normalized spacial score (nSPS) is 12.0. The highest BCUT2D eigenvalue weighted by Crippen LogP contribution is 2.26. The number of nitrogens with one attached hydrogen (secondary N) is 1. The number of hydrogen-bond donors (Lipinski definition) is 2. The summed E-state index contributed by atoms with van der Waals surface area (Å²) in [6.07, 6.45) is 0.211. The van der Waals surface area contributed by atoms with Gasteiger partial charge < -0.3 is 10.4 Å². The lowest BCUT2D eigenvalue weighted by atomic mass is 10.0. The van der Waals surface area contributed by atoms with E-state index in [4.69, 9.17) is 0 Å². The van der Waals surface area contributed by atoms with Gasteiger partial charge in [0, 0.05) is 17.2 Å². The number of fused-ring (bicyclic) bond motifs is 2. The van der Waals surface area contributed by atoms with Crippen LogP contribution in [0.2, 0.25) is 0 Å². The second-order valence-electron chi connectivity index (χ2n) is 6.58. The lowest BCUT2D eigenvalue weighted by molar-refractivity contribution is -0.139. The van der Waals surface area contributed by atoms with E-state index < -0.39 is 17.9 Å². The lowest BCUT2D eigenvalue weighted by Crippen LogP contribution is -2.42. The second-order valence-corrected chi connectivity index (χ2v) is 6.58. The fourth-order valence-electron chi connectivity index (χ4n) is 3.36. The Bertz CT molecular complexity index is 1120. The van der Waals surface area contributed by atoms with Gasteiger partial charge in [0.25, 0.3) is 5.91 Å². The minimum Gasteiger partial charge on any atom is -0.480 e. The molecular weight excluding hydrogens is 352 g/mol. The fraction of sp³-hybridized carbons (Fsp3) is 0.0870. The largest absolute Gasteiger partial charge is 0.480 e. The Hall–Kier alpha value is -3.73. The molecule has 1 atom stereocenters. The van der Waals surface area contributed by atoms with Crippen LogP contribution in [0.1, 0.15) is 15.9 Å². The average Bonchev–Trinajstić information content (AvgIpc) is 2.72. The van der Waals surface area contributed by atoms with Crippen LogP contribution in [-0.4, -0.2) is 28.0 Å². The molecule has 1 heterocycles. The van der Waals surface area contributed by atoms with E-state index in [1.807, 2.05) is 78.9 Å². The number of carboxylic acid groups (broad SMARTS) is 1. The van der Waals surface area contributed by atoms with E-state index in [2.05, 4.69) is 10.3 Å². The third-order valence-corrected chi connectivity index (χ3v) is 4.70. The molecule has 28 heavy (non-hydrogen) atoms.